The van der Waals surface area contributed by atoms with Crippen LogP contribution in [-0.2, 0) is 23.9 Å². The fourth-order valence-corrected chi connectivity index (χ4v) is 6.50. The average Bonchev–Trinajstić information content (AvgIpc) is 3.77. The standard InChI is InChI=1S/C32H37F3N4O/c1-20-9-10-22(21-11-12-21)17-27(20)38-15-13-26-24(18-38)30(39-16-14-28(40-4)31(2,3)19-39)37-29(36-26)23-7-5-6-8-25(23)32(33,34)35/h5-10,17,21,28H,11-16,18-19H2,1-4H3/t28-/m0/s1. The van der Waals surface area contributed by atoms with Gasteiger partial charge in [-0.3, -0.25) is 0 Å². The lowest BCUT2D eigenvalue weighted by atomic mass is 9.81. The lowest BCUT2D eigenvalue weighted by Gasteiger charge is -2.45. The number of methoxy groups -OCH3 is 1. The van der Waals surface area contributed by atoms with Crippen LogP contribution in [0.1, 0.15) is 67.0 Å². The van der Waals surface area contributed by atoms with Crippen LogP contribution in [0.5, 0.6) is 0 Å². The molecule has 0 unspecified atom stereocenters. The molecule has 3 aromatic rings. The van der Waals surface area contributed by atoms with E-state index in [1.165, 1.54) is 41.8 Å². The average molecular weight is 551 g/mol. The lowest BCUT2D eigenvalue weighted by Crippen LogP contribution is -2.50. The highest BCUT2D eigenvalue weighted by molar-refractivity contribution is 5.67. The van der Waals surface area contributed by atoms with E-state index in [0.29, 0.717) is 25.4 Å². The van der Waals surface area contributed by atoms with E-state index in [9.17, 15) is 13.2 Å². The molecule has 1 atom stereocenters. The Kier molecular flexibility index (Phi) is 6.80. The zero-order valence-corrected chi connectivity index (χ0v) is 23.7. The predicted octanol–water partition coefficient (Wildman–Crippen LogP) is 7.16. The Hall–Kier alpha value is -3.13. The van der Waals surface area contributed by atoms with Crippen molar-refractivity contribution in [1.82, 2.24) is 9.97 Å². The van der Waals surface area contributed by atoms with E-state index < -0.39 is 11.7 Å². The highest BCUT2D eigenvalue weighted by Gasteiger charge is 2.39. The van der Waals surface area contributed by atoms with Crippen LogP contribution < -0.4 is 9.80 Å². The number of benzene rings is 2. The summed E-state index contributed by atoms with van der Waals surface area (Å²) in [5.74, 6) is 1.56. The molecule has 8 heteroatoms. The normalized spacial score (nSPS) is 20.9. The van der Waals surface area contributed by atoms with Crippen LogP contribution in [0, 0.1) is 12.3 Å². The zero-order valence-electron chi connectivity index (χ0n) is 23.7. The third-order valence-corrected chi connectivity index (χ3v) is 8.85. The van der Waals surface area contributed by atoms with Crippen molar-refractivity contribution in [2.24, 2.45) is 5.41 Å². The molecule has 1 saturated heterocycles. The van der Waals surface area contributed by atoms with Gasteiger partial charge in [-0.2, -0.15) is 13.2 Å². The minimum atomic E-state index is -4.49. The highest BCUT2D eigenvalue weighted by atomic mass is 19.4. The maximum Gasteiger partial charge on any atom is 0.417 e. The van der Waals surface area contributed by atoms with Crippen molar-refractivity contribution in [3.63, 3.8) is 0 Å². The van der Waals surface area contributed by atoms with E-state index in [0.717, 1.165) is 42.7 Å². The first kappa shape index (κ1) is 27.1. The van der Waals surface area contributed by atoms with Crippen molar-refractivity contribution >= 4 is 11.5 Å². The van der Waals surface area contributed by atoms with Crippen LogP contribution in [0.4, 0.5) is 24.7 Å². The Balaban J connectivity index is 1.44. The van der Waals surface area contributed by atoms with Gasteiger partial charge in [0.15, 0.2) is 5.82 Å². The molecular weight excluding hydrogens is 513 g/mol. The summed E-state index contributed by atoms with van der Waals surface area (Å²) in [6, 6.07) is 12.4. The van der Waals surface area contributed by atoms with E-state index in [-0.39, 0.29) is 22.9 Å². The Morgan fingerprint density at radius 3 is 2.45 bits per heavy atom. The maximum absolute atomic E-state index is 14.0. The van der Waals surface area contributed by atoms with Crippen molar-refractivity contribution in [2.45, 2.75) is 71.2 Å². The van der Waals surface area contributed by atoms with Crippen LogP contribution in [0.3, 0.4) is 0 Å². The van der Waals surface area contributed by atoms with Crippen LogP contribution in [-0.4, -0.2) is 42.8 Å². The number of piperidine rings is 1. The second kappa shape index (κ2) is 10.1. The number of hydrogen-bond acceptors (Lipinski definition) is 5. The van der Waals surface area contributed by atoms with Gasteiger partial charge >= 0.3 is 6.18 Å². The van der Waals surface area contributed by atoms with Crippen molar-refractivity contribution in [3.8, 4) is 11.4 Å². The fraction of sp³-hybridized carbons (Fsp3) is 0.500. The van der Waals surface area contributed by atoms with E-state index in [1.807, 2.05) is 0 Å². The number of ether oxygens (including phenoxy) is 1. The lowest BCUT2D eigenvalue weighted by molar-refractivity contribution is -0.137. The minimum Gasteiger partial charge on any atom is -0.381 e. The molecule has 5 nitrogen and oxygen atoms in total. The first-order valence-electron chi connectivity index (χ1n) is 14.2. The molecule has 212 valence electrons. The van der Waals surface area contributed by atoms with E-state index in [1.54, 1.807) is 13.2 Å². The summed E-state index contributed by atoms with van der Waals surface area (Å²) in [6.45, 7) is 9.32. The monoisotopic (exact) mass is 550 g/mol. The fourth-order valence-electron chi connectivity index (χ4n) is 6.50. The molecule has 1 saturated carbocycles. The van der Waals surface area contributed by atoms with Crippen LogP contribution in [0.2, 0.25) is 0 Å². The molecular formula is C32H37F3N4O. The van der Waals surface area contributed by atoms with Gasteiger partial charge in [-0.1, -0.05) is 44.2 Å². The number of fused-ring (bicyclic) bond motifs is 1. The van der Waals surface area contributed by atoms with Crippen LogP contribution in [0.25, 0.3) is 11.4 Å². The van der Waals surface area contributed by atoms with Gasteiger partial charge in [0.05, 0.1) is 17.4 Å². The first-order valence-corrected chi connectivity index (χ1v) is 14.2. The molecule has 2 aliphatic heterocycles. The molecule has 40 heavy (non-hydrogen) atoms. The number of anilines is 2. The molecule has 2 fully saturated rings. The van der Waals surface area contributed by atoms with Gasteiger partial charge in [-0.05, 0) is 55.4 Å². The third kappa shape index (κ3) is 5.06. The third-order valence-electron chi connectivity index (χ3n) is 8.85. The quantitative estimate of drug-likeness (QED) is 0.337. The molecule has 6 rings (SSSR count). The molecule has 0 amide bonds. The van der Waals surface area contributed by atoms with E-state index in [4.69, 9.17) is 14.7 Å². The molecule has 1 aromatic heterocycles. The molecule has 3 aliphatic rings. The Morgan fingerprint density at radius 2 is 1.75 bits per heavy atom. The van der Waals surface area contributed by atoms with Gasteiger partial charge in [0.1, 0.15) is 5.82 Å². The highest BCUT2D eigenvalue weighted by Crippen LogP contribution is 2.43. The Labute approximate surface area is 234 Å². The molecule has 3 heterocycles. The minimum absolute atomic E-state index is 0.0282. The molecule has 0 N–H and O–H groups in total. The summed E-state index contributed by atoms with van der Waals surface area (Å²) in [6.07, 6.45) is -0.413. The summed E-state index contributed by atoms with van der Waals surface area (Å²) < 4.78 is 47.8. The van der Waals surface area contributed by atoms with Gasteiger partial charge in [0, 0.05) is 61.9 Å². The van der Waals surface area contributed by atoms with Gasteiger partial charge in [-0.15, -0.1) is 0 Å². The summed E-state index contributed by atoms with van der Waals surface area (Å²) in [7, 11) is 1.75. The summed E-state index contributed by atoms with van der Waals surface area (Å²) in [5, 5.41) is 0. The Morgan fingerprint density at radius 1 is 0.975 bits per heavy atom. The SMILES string of the molecule is CO[C@H]1CCN(c2nc(-c3ccccc3C(F)(F)F)nc3c2CN(c2cc(C4CC4)ccc2C)CC3)CC1(C)C. The predicted molar refractivity (Wildman–Crippen MR) is 152 cm³/mol. The molecule has 2 aromatic carbocycles. The van der Waals surface area contributed by atoms with Crippen LogP contribution >= 0.6 is 0 Å². The number of aryl methyl sites for hydroxylation is 1. The van der Waals surface area contributed by atoms with Crippen molar-refractivity contribution in [1.29, 1.82) is 0 Å². The maximum atomic E-state index is 14.0. The summed E-state index contributed by atoms with van der Waals surface area (Å²) in [4.78, 5) is 14.4. The van der Waals surface area contributed by atoms with Gasteiger partial charge < -0.3 is 14.5 Å². The summed E-state index contributed by atoms with van der Waals surface area (Å²) in [5.41, 5.74) is 4.89. The van der Waals surface area contributed by atoms with Crippen molar-refractivity contribution < 1.29 is 17.9 Å². The second-order valence-corrected chi connectivity index (χ2v) is 12.3. The van der Waals surface area contributed by atoms with Gasteiger partial charge in [0.2, 0.25) is 0 Å². The van der Waals surface area contributed by atoms with E-state index >= 15 is 0 Å². The van der Waals surface area contributed by atoms with E-state index in [2.05, 4.69) is 48.8 Å². The number of alkyl halides is 3. The van der Waals surface area contributed by atoms with Crippen molar-refractivity contribution in [2.75, 3.05) is 36.5 Å². The smallest absolute Gasteiger partial charge is 0.381 e. The Bertz CT molecular complexity index is 1420. The first-order chi connectivity index (χ1) is 19.0. The van der Waals surface area contributed by atoms with Gasteiger partial charge in [0.25, 0.3) is 0 Å². The zero-order chi connectivity index (χ0) is 28.2. The number of hydrogen-bond donors (Lipinski definition) is 0. The number of rotatable bonds is 5. The second-order valence-electron chi connectivity index (χ2n) is 12.3. The molecule has 0 bridgehead atoms. The molecule has 0 spiro atoms. The molecule has 1 aliphatic carbocycles. The van der Waals surface area contributed by atoms with Crippen LogP contribution in [0.15, 0.2) is 42.5 Å². The van der Waals surface area contributed by atoms with Gasteiger partial charge in [-0.25, -0.2) is 9.97 Å². The number of nitrogens with zero attached hydrogens (tertiary/aromatic N) is 4. The number of halogens is 3. The van der Waals surface area contributed by atoms with Crippen molar-refractivity contribution in [3.05, 3.63) is 70.4 Å². The number of aromatic nitrogens is 2. The topological polar surface area (TPSA) is 41.5 Å². The largest absolute Gasteiger partial charge is 0.417 e. The summed E-state index contributed by atoms with van der Waals surface area (Å²) >= 11 is 0. The molecule has 0 radical (unpaired) electrons.